The van der Waals surface area contributed by atoms with Crippen molar-refractivity contribution in [3.63, 3.8) is 0 Å². The van der Waals surface area contributed by atoms with E-state index in [0.717, 1.165) is 25.2 Å². The summed E-state index contributed by atoms with van der Waals surface area (Å²) in [4.78, 5) is 12.5. The summed E-state index contributed by atoms with van der Waals surface area (Å²) in [6, 6.07) is 13.2. The number of fused-ring (bicyclic) bond motifs is 1. The van der Waals surface area contributed by atoms with Gasteiger partial charge in [0.15, 0.2) is 0 Å². The van der Waals surface area contributed by atoms with E-state index in [-0.39, 0.29) is 5.41 Å². The van der Waals surface area contributed by atoms with Gasteiger partial charge in [-0.25, -0.2) is 4.79 Å². The molecule has 27 heavy (non-hydrogen) atoms. The third-order valence-electron chi connectivity index (χ3n) is 5.87. The predicted octanol–water partition coefficient (Wildman–Crippen LogP) is 5.91. The summed E-state index contributed by atoms with van der Waals surface area (Å²) in [5, 5.41) is 0. The molecule has 0 fully saturated rings. The van der Waals surface area contributed by atoms with Crippen molar-refractivity contribution in [2.45, 2.75) is 64.7 Å². The van der Waals surface area contributed by atoms with Crippen LogP contribution in [0.1, 0.15) is 74.4 Å². The molecule has 0 radical (unpaired) electrons. The first-order chi connectivity index (χ1) is 13.0. The smallest absolute Gasteiger partial charge is 0.345 e. The molecule has 3 heteroatoms. The van der Waals surface area contributed by atoms with Crippen molar-refractivity contribution in [3.8, 4) is 5.75 Å². The van der Waals surface area contributed by atoms with Gasteiger partial charge in [-0.15, -0.1) is 0 Å². The number of hydrogen-bond donors (Lipinski definition) is 1. The Labute approximate surface area is 162 Å². The van der Waals surface area contributed by atoms with E-state index in [0.29, 0.717) is 17.0 Å². The quantitative estimate of drug-likeness (QED) is 0.393. The summed E-state index contributed by atoms with van der Waals surface area (Å²) in [5.41, 5.74) is 9.68. The van der Waals surface area contributed by atoms with E-state index in [1.54, 1.807) is 18.2 Å². The molecule has 0 spiro atoms. The van der Waals surface area contributed by atoms with Gasteiger partial charge < -0.3 is 10.5 Å². The minimum Gasteiger partial charge on any atom is -0.423 e. The van der Waals surface area contributed by atoms with Crippen LogP contribution in [-0.2, 0) is 11.8 Å². The highest BCUT2D eigenvalue weighted by Crippen LogP contribution is 2.45. The molecule has 0 heterocycles. The van der Waals surface area contributed by atoms with Crippen LogP contribution in [-0.4, -0.2) is 5.97 Å². The molecule has 3 nitrogen and oxygen atoms in total. The second kappa shape index (κ2) is 8.16. The van der Waals surface area contributed by atoms with Crippen molar-refractivity contribution in [3.05, 3.63) is 59.2 Å². The molecule has 2 aromatic carbocycles. The lowest BCUT2D eigenvalue weighted by Gasteiger charge is -2.40. The zero-order valence-electron chi connectivity index (χ0n) is 16.8. The number of anilines is 1. The van der Waals surface area contributed by atoms with Crippen molar-refractivity contribution in [2.75, 3.05) is 5.73 Å². The third-order valence-corrected chi connectivity index (χ3v) is 5.87. The van der Waals surface area contributed by atoms with Crippen molar-refractivity contribution < 1.29 is 9.53 Å². The van der Waals surface area contributed by atoms with Crippen LogP contribution in [0.4, 0.5) is 5.69 Å². The van der Waals surface area contributed by atoms with E-state index in [9.17, 15) is 4.79 Å². The SMILES string of the molecule is CCC[C@H]1Cc2ccc(OC(=O)c3ccccc3N)cc2[C@@](C)(CCC)C1. The number of carbonyl (C=O) groups excluding carboxylic acids is 1. The Morgan fingerprint density at radius 3 is 2.67 bits per heavy atom. The van der Waals surface area contributed by atoms with Crippen molar-refractivity contribution >= 4 is 11.7 Å². The number of benzene rings is 2. The van der Waals surface area contributed by atoms with Crippen LogP contribution >= 0.6 is 0 Å². The zero-order chi connectivity index (χ0) is 19.4. The molecule has 0 saturated carbocycles. The van der Waals surface area contributed by atoms with Crippen LogP contribution in [0.25, 0.3) is 0 Å². The van der Waals surface area contributed by atoms with Gasteiger partial charge in [0, 0.05) is 5.69 Å². The third kappa shape index (κ3) is 4.18. The van der Waals surface area contributed by atoms with Gasteiger partial charge >= 0.3 is 5.97 Å². The average Bonchev–Trinajstić information content (AvgIpc) is 2.63. The molecule has 1 aliphatic rings. The Bertz CT molecular complexity index is 814. The number of nitrogen functional groups attached to an aromatic ring is 1. The minimum absolute atomic E-state index is 0.149. The van der Waals surface area contributed by atoms with Crippen LogP contribution in [0.3, 0.4) is 0 Å². The first-order valence-electron chi connectivity index (χ1n) is 10.2. The van der Waals surface area contributed by atoms with Gasteiger partial charge in [0.25, 0.3) is 0 Å². The van der Waals surface area contributed by atoms with E-state index in [1.807, 2.05) is 12.1 Å². The predicted molar refractivity (Wildman–Crippen MR) is 111 cm³/mol. The fraction of sp³-hybridized carbons (Fsp3) is 0.458. The summed E-state index contributed by atoms with van der Waals surface area (Å²) in [6.07, 6.45) is 7.16. The molecule has 144 valence electrons. The van der Waals surface area contributed by atoms with Gasteiger partial charge in [0.2, 0.25) is 0 Å². The van der Waals surface area contributed by atoms with E-state index < -0.39 is 5.97 Å². The fourth-order valence-corrected chi connectivity index (χ4v) is 4.73. The Kier molecular flexibility index (Phi) is 5.88. The van der Waals surface area contributed by atoms with Crippen molar-refractivity contribution in [1.82, 2.24) is 0 Å². The molecular formula is C24H31NO2. The van der Waals surface area contributed by atoms with Crippen molar-refractivity contribution in [1.29, 1.82) is 0 Å². The summed E-state index contributed by atoms with van der Waals surface area (Å²) in [5.74, 6) is 0.958. The average molecular weight is 366 g/mol. The zero-order valence-corrected chi connectivity index (χ0v) is 16.8. The number of nitrogens with two attached hydrogens (primary N) is 1. The summed E-state index contributed by atoms with van der Waals surface area (Å²) >= 11 is 0. The van der Waals surface area contributed by atoms with Crippen LogP contribution < -0.4 is 10.5 Å². The summed E-state index contributed by atoms with van der Waals surface area (Å²) < 4.78 is 5.67. The molecule has 2 aromatic rings. The van der Waals surface area contributed by atoms with Crippen LogP contribution in [0, 0.1) is 5.92 Å². The van der Waals surface area contributed by atoms with E-state index in [1.165, 1.54) is 30.4 Å². The normalized spacial score (nSPS) is 21.5. The topological polar surface area (TPSA) is 52.3 Å². The molecule has 2 atom stereocenters. The standard InChI is InChI=1S/C24H31NO2/c1-4-8-17-14-18-11-12-19(15-21(18)24(3,16-17)13-5-2)27-23(26)20-9-6-7-10-22(20)25/h6-7,9-12,15,17H,4-5,8,13-14,16,25H2,1-3H3/t17-,24-/m0/s1. The van der Waals surface area contributed by atoms with Gasteiger partial charge in [-0.1, -0.05) is 58.2 Å². The van der Waals surface area contributed by atoms with E-state index in [4.69, 9.17) is 10.5 Å². The van der Waals surface area contributed by atoms with Gasteiger partial charge in [-0.05, 0) is 66.0 Å². The van der Waals surface area contributed by atoms with Crippen molar-refractivity contribution in [2.24, 2.45) is 5.92 Å². The molecule has 0 unspecified atom stereocenters. The molecule has 0 amide bonds. The highest BCUT2D eigenvalue weighted by atomic mass is 16.5. The van der Waals surface area contributed by atoms with Crippen LogP contribution in [0.2, 0.25) is 0 Å². The molecular weight excluding hydrogens is 334 g/mol. The number of hydrogen-bond acceptors (Lipinski definition) is 3. The monoisotopic (exact) mass is 365 g/mol. The highest BCUT2D eigenvalue weighted by molar-refractivity contribution is 5.96. The maximum atomic E-state index is 12.5. The molecule has 0 aromatic heterocycles. The van der Waals surface area contributed by atoms with Crippen LogP contribution in [0.15, 0.2) is 42.5 Å². The molecule has 3 rings (SSSR count). The first-order valence-corrected chi connectivity index (χ1v) is 10.2. The molecule has 2 N–H and O–H groups in total. The number of rotatable bonds is 6. The lowest BCUT2D eigenvalue weighted by molar-refractivity contribution is 0.0735. The Balaban J connectivity index is 1.89. The lowest BCUT2D eigenvalue weighted by Crippen LogP contribution is -2.32. The number of ether oxygens (including phenoxy) is 1. The Morgan fingerprint density at radius 1 is 1.19 bits per heavy atom. The Morgan fingerprint density at radius 2 is 1.96 bits per heavy atom. The minimum atomic E-state index is -0.398. The van der Waals surface area contributed by atoms with Gasteiger partial charge in [-0.2, -0.15) is 0 Å². The molecule has 0 aliphatic heterocycles. The maximum Gasteiger partial charge on any atom is 0.345 e. The van der Waals surface area contributed by atoms with Crippen LogP contribution in [0.5, 0.6) is 5.75 Å². The number of esters is 1. The fourth-order valence-electron chi connectivity index (χ4n) is 4.73. The number of para-hydroxylation sites is 1. The molecule has 1 aliphatic carbocycles. The van der Waals surface area contributed by atoms with E-state index >= 15 is 0 Å². The highest BCUT2D eigenvalue weighted by Gasteiger charge is 2.36. The van der Waals surface area contributed by atoms with Gasteiger partial charge in [0.1, 0.15) is 5.75 Å². The second-order valence-corrected chi connectivity index (χ2v) is 8.17. The lowest BCUT2D eigenvalue weighted by atomic mass is 9.64. The summed E-state index contributed by atoms with van der Waals surface area (Å²) in [6.45, 7) is 6.89. The maximum absolute atomic E-state index is 12.5. The second-order valence-electron chi connectivity index (χ2n) is 8.17. The van der Waals surface area contributed by atoms with Gasteiger partial charge in [-0.3, -0.25) is 0 Å². The largest absolute Gasteiger partial charge is 0.423 e. The molecule has 0 bridgehead atoms. The summed E-state index contributed by atoms with van der Waals surface area (Å²) in [7, 11) is 0. The first kappa shape index (κ1) is 19.5. The Hall–Kier alpha value is -2.29. The number of carbonyl (C=O) groups is 1. The molecule has 0 saturated heterocycles. The van der Waals surface area contributed by atoms with E-state index in [2.05, 4.69) is 32.9 Å². The van der Waals surface area contributed by atoms with Gasteiger partial charge in [0.05, 0.1) is 5.56 Å².